The number of hydrogen-bond donors (Lipinski definition) is 1. The van der Waals surface area contributed by atoms with Gasteiger partial charge in [0.1, 0.15) is 5.75 Å². The lowest BCUT2D eigenvalue weighted by molar-refractivity contribution is 0.402. The topological polar surface area (TPSA) is 21.3 Å². The van der Waals surface area contributed by atoms with Crippen molar-refractivity contribution in [2.75, 3.05) is 13.7 Å². The molecule has 0 amide bonds. The van der Waals surface area contributed by atoms with E-state index in [0.29, 0.717) is 6.04 Å². The molecule has 0 saturated carbocycles. The fourth-order valence-electron chi connectivity index (χ4n) is 2.27. The molecule has 0 spiro atoms. The van der Waals surface area contributed by atoms with E-state index >= 15 is 0 Å². The van der Waals surface area contributed by atoms with Crippen molar-refractivity contribution in [3.63, 3.8) is 0 Å². The van der Waals surface area contributed by atoms with Gasteiger partial charge in [-0.1, -0.05) is 39.3 Å². The predicted molar refractivity (Wildman–Crippen MR) is 78.2 cm³/mol. The molecule has 1 rings (SSSR count). The molecule has 1 aromatic rings. The molecule has 0 aliphatic carbocycles. The number of aryl methyl sites for hydroxylation is 1. The molecule has 1 aromatic carbocycles. The Morgan fingerprint density at radius 2 is 2.00 bits per heavy atom. The largest absolute Gasteiger partial charge is 0.496 e. The zero-order valence-corrected chi connectivity index (χ0v) is 12.4. The highest BCUT2D eigenvalue weighted by Gasteiger charge is 2.14. The van der Waals surface area contributed by atoms with E-state index in [2.05, 4.69) is 51.2 Å². The van der Waals surface area contributed by atoms with Gasteiger partial charge in [-0.3, -0.25) is 0 Å². The van der Waals surface area contributed by atoms with Gasteiger partial charge in [0.25, 0.3) is 0 Å². The minimum absolute atomic E-state index is 0.453. The Morgan fingerprint density at radius 3 is 2.50 bits per heavy atom. The van der Waals surface area contributed by atoms with E-state index in [4.69, 9.17) is 4.74 Å². The van der Waals surface area contributed by atoms with Gasteiger partial charge in [-0.05, 0) is 43.0 Å². The Bertz CT molecular complexity index is 362. The first-order chi connectivity index (χ1) is 8.62. The van der Waals surface area contributed by atoms with E-state index in [9.17, 15) is 0 Å². The van der Waals surface area contributed by atoms with Crippen molar-refractivity contribution in [3.05, 3.63) is 29.3 Å². The van der Waals surface area contributed by atoms with Gasteiger partial charge in [0.15, 0.2) is 0 Å². The maximum Gasteiger partial charge on any atom is 0.121 e. The third-order valence-corrected chi connectivity index (χ3v) is 3.61. The van der Waals surface area contributed by atoms with Crippen LogP contribution in [0.15, 0.2) is 18.2 Å². The average Bonchev–Trinajstić information content (AvgIpc) is 2.38. The molecule has 0 aliphatic rings. The van der Waals surface area contributed by atoms with E-state index in [-0.39, 0.29) is 0 Å². The molecule has 0 aliphatic heterocycles. The number of benzene rings is 1. The monoisotopic (exact) mass is 249 g/mol. The Hall–Kier alpha value is -1.02. The first kappa shape index (κ1) is 15.0. The van der Waals surface area contributed by atoms with Gasteiger partial charge in [0.2, 0.25) is 0 Å². The van der Waals surface area contributed by atoms with Crippen molar-refractivity contribution in [2.24, 2.45) is 5.92 Å². The van der Waals surface area contributed by atoms with Gasteiger partial charge in [0.05, 0.1) is 7.11 Å². The summed E-state index contributed by atoms with van der Waals surface area (Å²) in [5.41, 5.74) is 2.58. The summed E-state index contributed by atoms with van der Waals surface area (Å²) in [6.07, 6.45) is 2.42. The first-order valence-electron chi connectivity index (χ1n) is 7.00. The predicted octanol–water partition coefficient (Wildman–Crippen LogP) is 4.09. The quantitative estimate of drug-likeness (QED) is 0.786. The number of ether oxygens (including phenoxy) is 1. The van der Waals surface area contributed by atoms with Crippen LogP contribution in [0.4, 0.5) is 0 Å². The van der Waals surface area contributed by atoms with E-state index < -0.39 is 0 Å². The summed E-state index contributed by atoms with van der Waals surface area (Å²) in [5.74, 6) is 1.72. The van der Waals surface area contributed by atoms with Crippen LogP contribution in [0.2, 0.25) is 0 Å². The van der Waals surface area contributed by atoms with Gasteiger partial charge in [-0.25, -0.2) is 0 Å². The molecule has 1 N–H and O–H groups in total. The molecule has 0 saturated heterocycles. The van der Waals surface area contributed by atoms with Crippen molar-refractivity contribution in [1.29, 1.82) is 0 Å². The highest BCUT2D eigenvalue weighted by atomic mass is 16.5. The molecule has 102 valence electrons. The van der Waals surface area contributed by atoms with Crippen LogP contribution in [-0.2, 0) is 0 Å². The van der Waals surface area contributed by atoms with Crippen LogP contribution in [0, 0.1) is 12.8 Å². The Kier molecular flexibility index (Phi) is 6.20. The third-order valence-electron chi connectivity index (χ3n) is 3.61. The maximum atomic E-state index is 5.32. The van der Waals surface area contributed by atoms with Crippen molar-refractivity contribution in [1.82, 2.24) is 5.32 Å². The van der Waals surface area contributed by atoms with Gasteiger partial charge >= 0.3 is 0 Å². The summed E-state index contributed by atoms with van der Waals surface area (Å²) in [7, 11) is 1.73. The molecule has 2 atom stereocenters. The minimum Gasteiger partial charge on any atom is -0.496 e. The highest BCUT2D eigenvalue weighted by molar-refractivity contribution is 5.37. The summed E-state index contributed by atoms with van der Waals surface area (Å²) in [6, 6.07) is 6.95. The SMILES string of the molecule is CCNC(CC(C)CC)c1ccc(OC)c(C)c1. The summed E-state index contributed by atoms with van der Waals surface area (Å²) in [4.78, 5) is 0. The zero-order valence-electron chi connectivity index (χ0n) is 12.4. The minimum atomic E-state index is 0.453. The second kappa shape index (κ2) is 7.42. The molecular weight excluding hydrogens is 222 g/mol. The summed E-state index contributed by atoms with van der Waals surface area (Å²) in [6.45, 7) is 9.86. The maximum absolute atomic E-state index is 5.32. The Labute approximate surface area is 112 Å². The number of methoxy groups -OCH3 is 1. The number of rotatable bonds is 7. The molecule has 0 heterocycles. The molecular formula is C16H27NO. The van der Waals surface area contributed by atoms with Crippen molar-refractivity contribution in [2.45, 2.75) is 46.6 Å². The fraction of sp³-hybridized carbons (Fsp3) is 0.625. The van der Waals surface area contributed by atoms with Gasteiger partial charge in [0, 0.05) is 6.04 Å². The van der Waals surface area contributed by atoms with Crippen LogP contribution in [0.3, 0.4) is 0 Å². The number of nitrogens with one attached hydrogen (secondary N) is 1. The molecule has 0 aromatic heterocycles. The van der Waals surface area contributed by atoms with Crippen LogP contribution < -0.4 is 10.1 Å². The molecule has 2 nitrogen and oxygen atoms in total. The summed E-state index contributed by atoms with van der Waals surface area (Å²) >= 11 is 0. The van der Waals surface area contributed by atoms with Crippen molar-refractivity contribution in [3.8, 4) is 5.75 Å². The lowest BCUT2D eigenvalue weighted by Gasteiger charge is -2.22. The van der Waals surface area contributed by atoms with Gasteiger partial charge in [-0.2, -0.15) is 0 Å². The number of hydrogen-bond acceptors (Lipinski definition) is 2. The van der Waals surface area contributed by atoms with Gasteiger partial charge in [-0.15, -0.1) is 0 Å². The van der Waals surface area contributed by atoms with Crippen molar-refractivity contribution < 1.29 is 4.74 Å². The van der Waals surface area contributed by atoms with Crippen LogP contribution in [-0.4, -0.2) is 13.7 Å². The Morgan fingerprint density at radius 1 is 1.28 bits per heavy atom. The lowest BCUT2D eigenvalue weighted by Crippen LogP contribution is -2.23. The second-order valence-electron chi connectivity index (χ2n) is 5.09. The van der Waals surface area contributed by atoms with E-state index in [0.717, 1.165) is 18.2 Å². The van der Waals surface area contributed by atoms with Gasteiger partial charge < -0.3 is 10.1 Å². The highest BCUT2D eigenvalue weighted by Crippen LogP contribution is 2.27. The fourth-order valence-corrected chi connectivity index (χ4v) is 2.27. The second-order valence-corrected chi connectivity index (χ2v) is 5.09. The Balaban J connectivity index is 2.87. The third kappa shape index (κ3) is 4.02. The van der Waals surface area contributed by atoms with E-state index in [1.54, 1.807) is 7.11 Å². The standard InChI is InChI=1S/C16H27NO/c1-6-12(3)10-15(17-7-2)14-8-9-16(18-5)13(4)11-14/h8-9,11-12,15,17H,6-7,10H2,1-5H3. The first-order valence-corrected chi connectivity index (χ1v) is 7.00. The molecule has 2 unspecified atom stereocenters. The smallest absolute Gasteiger partial charge is 0.121 e. The normalized spacial score (nSPS) is 14.3. The molecule has 0 bridgehead atoms. The lowest BCUT2D eigenvalue weighted by atomic mass is 9.93. The van der Waals surface area contributed by atoms with Crippen molar-refractivity contribution >= 4 is 0 Å². The average molecular weight is 249 g/mol. The molecule has 18 heavy (non-hydrogen) atoms. The van der Waals surface area contributed by atoms with Crippen LogP contribution in [0.1, 0.15) is 50.8 Å². The van der Waals surface area contributed by atoms with E-state index in [1.807, 2.05) is 0 Å². The zero-order chi connectivity index (χ0) is 13.5. The summed E-state index contributed by atoms with van der Waals surface area (Å²) in [5, 5.41) is 3.59. The molecule has 2 heteroatoms. The van der Waals surface area contributed by atoms with Crippen LogP contribution in [0.5, 0.6) is 5.75 Å². The molecule has 0 fully saturated rings. The van der Waals surface area contributed by atoms with E-state index in [1.165, 1.54) is 24.0 Å². The van der Waals surface area contributed by atoms with Crippen LogP contribution >= 0.6 is 0 Å². The summed E-state index contributed by atoms with van der Waals surface area (Å²) < 4.78 is 5.32. The van der Waals surface area contributed by atoms with Crippen LogP contribution in [0.25, 0.3) is 0 Å². The molecule has 0 radical (unpaired) electrons.